The summed E-state index contributed by atoms with van der Waals surface area (Å²) in [6, 6.07) is 3.64. The summed E-state index contributed by atoms with van der Waals surface area (Å²) in [6.45, 7) is 5.92. The Hall–Kier alpha value is -1.31. The van der Waals surface area contributed by atoms with Crippen LogP contribution in [0.25, 0.3) is 0 Å². The van der Waals surface area contributed by atoms with Gasteiger partial charge in [-0.2, -0.15) is 0 Å². The van der Waals surface area contributed by atoms with E-state index in [2.05, 4.69) is 0 Å². The molecular formula is C12H17NO. The van der Waals surface area contributed by atoms with Crippen LogP contribution in [0, 0.1) is 13.8 Å². The Labute approximate surface area is 85.1 Å². The van der Waals surface area contributed by atoms with Gasteiger partial charge in [0.05, 0.1) is 0 Å². The topological polar surface area (TPSA) is 43.1 Å². The van der Waals surface area contributed by atoms with Gasteiger partial charge in [0.25, 0.3) is 0 Å². The highest BCUT2D eigenvalue weighted by atomic mass is 16.1. The Balaban J connectivity index is 3.11. The molecule has 0 aromatic heterocycles. The predicted molar refractivity (Wildman–Crippen MR) is 59.6 cm³/mol. The van der Waals surface area contributed by atoms with E-state index in [1.165, 1.54) is 0 Å². The molecule has 1 rings (SSSR count). The Morgan fingerprint density at radius 1 is 1.29 bits per heavy atom. The lowest BCUT2D eigenvalue weighted by molar-refractivity contribution is 0.0981. The van der Waals surface area contributed by atoms with E-state index in [1.807, 2.05) is 32.9 Å². The van der Waals surface area contributed by atoms with Crippen LogP contribution < -0.4 is 5.73 Å². The van der Waals surface area contributed by atoms with Gasteiger partial charge in [0.15, 0.2) is 5.78 Å². The van der Waals surface area contributed by atoms with E-state index in [4.69, 9.17) is 5.73 Å². The van der Waals surface area contributed by atoms with Crippen LogP contribution in [0.5, 0.6) is 0 Å². The number of nitrogen functional groups attached to an aromatic ring is 1. The molecule has 76 valence electrons. The zero-order valence-electron chi connectivity index (χ0n) is 9.05. The van der Waals surface area contributed by atoms with E-state index in [-0.39, 0.29) is 5.78 Å². The third kappa shape index (κ3) is 1.95. The largest absolute Gasteiger partial charge is 0.399 e. The zero-order valence-corrected chi connectivity index (χ0v) is 9.05. The summed E-state index contributed by atoms with van der Waals surface area (Å²) in [5.41, 5.74) is 9.37. The zero-order chi connectivity index (χ0) is 10.7. The monoisotopic (exact) mass is 191 g/mol. The van der Waals surface area contributed by atoms with Gasteiger partial charge in [0.1, 0.15) is 0 Å². The standard InChI is InChI=1S/C12H17NO/c1-4-5-12(14)10-6-7-11(13)9(3)8(10)2/h6-7H,4-5,13H2,1-3H3. The van der Waals surface area contributed by atoms with E-state index in [9.17, 15) is 4.79 Å². The fourth-order valence-electron chi connectivity index (χ4n) is 1.51. The molecule has 0 bridgehead atoms. The number of carbonyl (C=O) groups is 1. The first-order chi connectivity index (χ1) is 6.57. The van der Waals surface area contributed by atoms with Gasteiger partial charge in [-0.1, -0.05) is 6.92 Å². The number of carbonyl (C=O) groups excluding carboxylic acids is 1. The Morgan fingerprint density at radius 3 is 2.50 bits per heavy atom. The lowest BCUT2D eigenvalue weighted by Gasteiger charge is -2.09. The number of Topliss-reactive ketones (excluding diaryl/α,β-unsaturated/α-hetero) is 1. The summed E-state index contributed by atoms with van der Waals surface area (Å²) < 4.78 is 0. The van der Waals surface area contributed by atoms with Gasteiger partial charge < -0.3 is 5.73 Å². The van der Waals surface area contributed by atoms with Crippen LogP contribution in [-0.4, -0.2) is 5.78 Å². The minimum absolute atomic E-state index is 0.216. The van der Waals surface area contributed by atoms with Crippen LogP contribution in [0.1, 0.15) is 41.3 Å². The van der Waals surface area contributed by atoms with Gasteiger partial charge in [-0.3, -0.25) is 4.79 Å². The molecule has 14 heavy (non-hydrogen) atoms. The maximum atomic E-state index is 11.7. The summed E-state index contributed by atoms with van der Waals surface area (Å²) >= 11 is 0. The summed E-state index contributed by atoms with van der Waals surface area (Å²) in [4.78, 5) is 11.7. The molecule has 0 unspecified atom stereocenters. The molecule has 0 aliphatic carbocycles. The molecule has 2 N–H and O–H groups in total. The number of benzene rings is 1. The van der Waals surface area contributed by atoms with Gasteiger partial charge >= 0.3 is 0 Å². The van der Waals surface area contributed by atoms with Crippen LogP contribution in [0.4, 0.5) is 5.69 Å². The van der Waals surface area contributed by atoms with Crippen molar-refractivity contribution in [2.24, 2.45) is 0 Å². The minimum atomic E-state index is 0.216. The molecule has 1 aromatic rings. The van der Waals surface area contributed by atoms with Gasteiger partial charge in [-0.05, 0) is 43.5 Å². The highest BCUT2D eigenvalue weighted by Gasteiger charge is 2.10. The average Bonchev–Trinajstić information content (AvgIpc) is 2.15. The normalized spacial score (nSPS) is 10.2. The van der Waals surface area contributed by atoms with Crippen LogP contribution in [0.2, 0.25) is 0 Å². The molecule has 2 heteroatoms. The van der Waals surface area contributed by atoms with Crippen molar-refractivity contribution in [3.05, 3.63) is 28.8 Å². The van der Waals surface area contributed by atoms with Crippen molar-refractivity contribution in [2.75, 3.05) is 5.73 Å². The van der Waals surface area contributed by atoms with Crippen LogP contribution in [0.3, 0.4) is 0 Å². The molecule has 0 aliphatic heterocycles. The fraction of sp³-hybridized carbons (Fsp3) is 0.417. The highest BCUT2D eigenvalue weighted by Crippen LogP contribution is 2.20. The van der Waals surface area contributed by atoms with E-state index >= 15 is 0 Å². The molecular weight excluding hydrogens is 174 g/mol. The second-order valence-electron chi connectivity index (χ2n) is 3.63. The molecule has 0 radical (unpaired) electrons. The predicted octanol–water partition coefficient (Wildman–Crippen LogP) is 2.87. The Kier molecular flexibility index (Phi) is 3.28. The van der Waals surface area contributed by atoms with E-state index in [0.29, 0.717) is 6.42 Å². The molecule has 2 nitrogen and oxygen atoms in total. The molecule has 0 spiro atoms. The van der Waals surface area contributed by atoms with E-state index in [0.717, 1.165) is 28.8 Å². The lowest BCUT2D eigenvalue weighted by atomic mass is 9.97. The maximum Gasteiger partial charge on any atom is 0.163 e. The van der Waals surface area contributed by atoms with E-state index in [1.54, 1.807) is 0 Å². The molecule has 0 heterocycles. The number of rotatable bonds is 3. The Bertz CT molecular complexity index is 356. The molecule has 0 saturated carbocycles. The van der Waals surface area contributed by atoms with Crippen LogP contribution >= 0.6 is 0 Å². The maximum absolute atomic E-state index is 11.7. The van der Waals surface area contributed by atoms with Gasteiger partial charge in [0.2, 0.25) is 0 Å². The summed E-state index contributed by atoms with van der Waals surface area (Å²) in [6.07, 6.45) is 1.51. The minimum Gasteiger partial charge on any atom is -0.399 e. The molecule has 0 fully saturated rings. The first kappa shape index (κ1) is 10.8. The SMILES string of the molecule is CCCC(=O)c1ccc(N)c(C)c1C. The first-order valence-corrected chi connectivity index (χ1v) is 4.96. The van der Waals surface area contributed by atoms with Crippen molar-refractivity contribution in [3.8, 4) is 0 Å². The fourth-order valence-corrected chi connectivity index (χ4v) is 1.51. The number of hydrogen-bond donors (Lipinski definition) is 1. The molecule has 0 atom stereocenters. The highest BCUT2D eigenvalue weighted by molar-refractivity contribution is 5.98. The molecule has 0 saturated heterocycles. The van der Waals surface area contributed by atoms with Crippen molar-refractivity contribution in [2.45, 2.75) is 33.6 Å². The van der Waals surface area contributed by atoms with Crippen molar-refractivity contribution < 1.29 is 4.79 Å². The van der Waals surface area contributed by atoms with Crippen molar-refractivity contribution >= 4 is 11.5 Å². The third-order valence-electron chi connectivity index (χ3n) is 2.61. The van der Waals surface area contributed by atoms with Crippen LogP contribution in [0.15, 0.2) is 12.1 Å². The average molecular weight is 191 g/mol. The second kappa shape index (κ2) is 4.27. The van der Waals surface area contributed by atoms with Gasteiger partial charge in [0, 0.05) is 17.7 Å². The lowest BCUT2D eigenvalue weighted by Crippen LogP contribution is -2.04. The second-order valence-corrected chi connectivity index (χ2v) is 3.63. The smallest absolute Gasteiger partial charge is 0.163 e. The van der Waals surface area contributed by atoms with Gasteiger partial charge in [-0.15, -0.1) is 0 Å². The first-order valence-electron chi connectivity index (χ1n) is 4.96. The van der Waals surface area contributed by atoms with Gasteiger partial charge in [-0.25, -0.2) is 0 Å². The summed E-state index contributed by atoms with van der Waals surface area (Å²) in [7, 11) is 0. The quantitative estimate of drug-likeness (QED) is 0.589. The third-order valence-corrected chi connectivity index (χ3v) is 2.61. The molecule has 0 amide bonds. The number of ketones is 1. The molecule has 0 aliphatic rings. The van der Waals surface area contributed by atoms with Crippen molar-refractivity contribution in [1.82, 2.24) is 0 Å². The van der Waals surface area contributed by atoms with E-state index < -0.39 is 0 Å². The number of hydrogen-bond acceptors (Lipinski definition) is 2. The van der Waals surface area contributed by atoms with Crippen LogP contribution in [-0.2, 0) is 0 Å². The summed E-state index contributed by atoms with van der Waals surface area (Å²) in [5, 5.41) is 0. The molecule has 1 aromatic carbocycles. The summed E-state index contributed by atoms with van der Waals surface area (Å²) in [5.74, 6) is 0.216. The number of nitrogens with two attached hydrogens (primary N) is 1. The van der Waals surface area contributed by atoms with Crippen molar-refractivity contribution in [1.29, 1.82) is 0 Å². The number of anilines is 1. The Morgan fingerprint density at radius 2 is 1.93 bits per heavy atom. The van der Waals surface area contributed by atoms with Crippen molar-refractivity contribution in [3.63, 3.8) is 0 Å².